The highest BCUT2D eigenvalue weighted by atomic mass is 35.5. The predicted molar refractivity (Wildman–Crippen MR) is 57.5 cm³/mol. The predicted octanol–water partition coefficient (Wildman–Crippen LogP) is 1.68. The van der Waals surface area contributed by atoms with Gasteiger partial charge in [-0.1, -0.05) is 28.9 Å². The Morgan fingerprint density at radius 1 is 1.50 bits per heavy atom. The second-order valence-corrected chi connectivity index (χ2v) is 3.65. The van der Waals surface area contributed by atoms with Gasteiger partial charge in [0.05, 0.1) is 12.7 Å². The summed E-state index contributed by atoms with van der Waals surface area (Å²) in [6, 6.07) is 7.16. The van der Waals surface area contributed by atoms with Crippen molar-refractivity contribution in [3.63, 3.8) is 0 Å². The number of hydrogen-bond donors (Lipinski definition) is 1. The molecule has 1 aromatic carbocycles. The number of rotatable bonds is 3. The molecule has 5 nitrogen and oxygen atoms in total. The number of hydrogen-bond acceptors (Lipinski definition) is 3. The zero-order chi connectivity index (χ0) is 11.5. The Hall–Kier alpha value is -1.88. The van der Waals surface area contributed by atoms with E-state index in [4.69, 9.17) is 16.7 Å². The summed E-state index contributed by atoms with van der Waals surface area (Å²) >= 11 is 5.83. The van der Waals surface area contributed by atoms with E-state index in [0.29, 0.717) is 11.6 Å². The van der Waals surface area contributed by atoms with Crippen LogP contribution >= 0.6 is 11.6 Å². The number of nitrogens with zero attached hydrogens (tertiary/aromatic N) is 3. The molecular weight excluding hydrogens is 230 g/mol. The summed E-state index contributed by atoms with van der Waals surface area (Å²) in [5.74, 6) is -1.05. The lowest BCUT2D eigenvalue weighted by atomic mass is 10.2. The van der Waals surface area contributed by atoms with Crippen molar-refractivity contribution in [3.8, 4) is 0 Å². The van der Waals surface area contributed by atoms with Gasteiger partial charge in [-0.25, -0.2) is 9.48 Å². The third-order valence-corrected chi connectivity index (χ3v) is 2.29. The van der Waals surface area contributed by atoms with E-state index in [1.54, 1.807) is 18.2 Å². The zero-order valence-electron chi connectivity index (χ0n) is 8.17. The second-order valence-electron chi connectivity index (χ2n) is 3.21. The van der Waals surface area contributed by atoms with Crippen molar-refractivity contribution >= 4 is 17.6 Å². The average Bonchev–Trinajstić information content (AvgIpc) is 2.66. The van der Waals surface area contributed by atoms with Gasteiger partial charge in [-0.2, -0.15) is 0 Å². The molecule has 0 aliphatic carbocycles. The van der Waals surface area contributed by atoms with Crippen LogP contribution in [0.15, 0.2) is 30.5 Å². The molecule has 0 radical (unpaired) electrons. The summed E-state index contributed by atoms with van der Waals surface area (Å²) in [4.78, 5) is 10.8. The van der Waals surface area contributed by atoms with Crippen LogP contribution in [0.5, 0.6) is 0 Å². The Morgan fingerprint density at radius 2 is 2.31 bits per heavy atom. The first-order valence-electron chi connectivity index (χ1n) is 4.53. The molecule has 1 N–H and O–H groups in total. The minimum Gasteiger partial charge on any atom is -0.476 e. The molecule has 0 amide bonds. The summed E-state index contributed by atoms with van der Waals surface area (Å²) in [5.41, 5.74) is 0.931. The van der Waals surface area contributed by atoms with E-state index in [1.165, 1.54) is 10.9 Å². The smallest absolute Gasteiger partial charge is 0.355 e. The normalized spacial score (nSPS) is 10.3. The molecule has 2 rings (SSSR count). The minimum absolute atomic E-state index is 0.0555. The summed E-state index contributed by atoms with van der Waals surface area (Å²) in [7, 11) is 0. The maximum atomic E-state index is 10.8. The number of carbonyl (C=O) groups is 1. The van der Waals surface area contributed by atoms with Gasteiger partial charge in [-0.05, 0) is 17.7 Å². The molecule has 0 aliphatic rings. The molecule has 2 aromatic rings. The lowest BCUT2D eigenvalue weighted by Crippen LogP contribution is -2.10. The van der Waals surface area contributed by atoms with Gasteiger partial charge in [-0.15, -0.1) is 5.10 Å². The van der Waals surface area contributed by atoms with E-state index in [0.717, 1.165) is 5.56 Å². The first-order valence-corrected chi connectivity index (χ1v) is 4.91. The van der Waals surface area contributed by atoms with Crippen molar-refractivity contribution in [2.24, 2.45) is 0 Å². The molecule has 0 saturated heterocycles. The van der Waals surface area contributed by atoms with Crippen LogP contribution in [0.25, 0.3) is 0 Å². The summed E-state index contributed by atoms with van der Waals surface area (Å²) < 4.78 is 1.31. The number of aromatic nitrogens is 3. The Morgan fingerprint density at radius 3 is 3.00 bits per heavy atom. The summed E-state index contributed by atoms with van der Waals surface area (Å²) in [6.45, 7) is 0.336. The molecule has 1 heterocycles. The highest BCUT2D eigenvalue weighted by molar-refractivity contribution is 6.30. The minimum atomic E-state index is -1.05. The highest BCUT2D eigenvalue weighted by Gasteiger charge is 2.11. The Kier molecular flexibility index (Phi) is 2.87. The third-order valence-electron chi connectivity index (χ3n) is 2.06. The van der Waals surface area contributed by atoms with E-state index < -0.39 is 5.97 Å². The van der Waals surface area contributed by atoms with Crippen molar-refractivity contribution in [1.82, 2.24) is 15.0 Å². The fourth-order valence-electron chi connectivity index (χ4n) is 1.35. The molecule has 6 heteroatoms. The van der Waals surface area contributed by atoms with Crippen LogP contribution in [0.1, 0.15) is 16.1 Å². The van der Waals surface area contributed by atoms with E-state index >= 15 is 0 Å². The number of aromatic carboxylic acids is 1. The number of carboxylic acid groups (broad SMARTS) is 1. The number of benzene rings is 1. The van der Waals surface area contributed by atoms with E-state index in [1.807, 2.05) is 6.07 Å². The largest absolute Gasteiger partial charge is 0.476 e. The maximum absolute atomic E-state index is 10.8. The first kappa shape index (κ1) is 10.6. The second kappa shape index (κ2) is 4.32. The van der Waals surface area contributed by atoms with Crippen LogP contribution in [-0.4, -0.2) is 26.1 Å². The van der Waals surface area contributed by atoms with Crippen molar-refractivity contribution < 1.29 is 9.90 Å². The molecule has 82 valence electrons. The standard InChI is InChI=1S/C10H8ClN3O2/c11-8-3-1-2-7(4-8)6-14-9(10(15)16)5-12-13-14/h1-5H,6H2,(H,15,16). The molecule has 0 saturated carbocycles. The van der Waals surface area contributed by atoms with Crippen LogP contribution in [0.4, 0.5) is 0 Å². The van der Waals surface area contributed by atoms with Crippen molar-refractivity contribution in [1.29, 1.82) is 0 Å². The van der Waals surface area contributed by atoms with Crippen molar-refractivity contribution in [2.75, 3.05) is 0 Å². The molecule has 0 aliphatic heterocycles. The van der Waals surface area contributed by atoms with Crippen LogP contribution in [0.2, 0.25) is 5.02 Å². The van der Waals surface area contributed by atoms with E-state index in [-0.39, 0.29) is 5.69 Å². The average molecular weight is 238 g/mol. The Bertz CT molecular complexity index is 524. The monoisotopic (exact) mass is 237 g/mol. The SMILES string of the molecule is O=C(O)c1cnnn1Cc1cccc(Cl)c1. The molecule has 16 heavy (non-hydrogen) atoms. The number of carboxylic acids is 1. The number of halogens is 1. The summed E-state index contributed by atoms with van der Waals surface area (Å²) in [6.07, 6.45) is 1.22. The molecule has 0 bridgehead atoms. The van der Waals surface area contributed by atoms with Gasteiger partial charge in [0.25, 0.3) is 0 Å². The van der Waals surface area contributed by atoms with Crippen molar-refractivity contribution in [3.05, 3.63) is 46.7 Å². The third kappa shape index (κ3) is 2.20. The fraction of sp³-hybridized carbons (Fsp3) is 0.100. The molecule has 0 spiro atoms. The van der Waals surface area contributed by atoms with Crippen LogP contribution in [-0.2, 0) is 6.54 Å². The van der Waals surface area contributed by atoms with Crippen LogP contribution in [0.3, 0.4) is 0 Å². The Balaban J connectivity index is 2.27. The topological polar surface area (TPSA) is 68.0 Å². The van der Waals surface area contributed by atoms with Crippen molar-refractivity contribution in [2.45, 2.75) is 6.54 Å². The summed E-state index contributed by atoms with van der Waals surface area (Å²) in [5, 5.41) is 16.7. The first-order chi connectivity index (χ1) is 7.66. The molecule has 0 atom stereocenters. The molecule has 0 unspecified atom stereocenters. The lowest BCUT2D eigenvalue weighted by molar-refractivity contribution is 0.0684. The maximum Gasteiger partial charge on any atom is 0.355 e. The highest BCUT2D eigenvalue weighted by Crippen LogP contribution is 2.12. The van der Waals surface area contributed by atoms with Gasteiger partial charge in [-0.3, -0.25) is 0 Å². The molecular formula is C10H8ClN3O2. The van der Waals surface area contributed by atoms with E-state index in [9.17, 15) is 4.79 Å². The lowest BCUT2D eigenvalue weighted by Gasteiger charge is -2.03. The van der Waals surface area contributed by atoms with Gasteiger partial charge in [0.15, 0.2) is 5.69 Å². The molecule has 0 fully saturated rings. The quantitative estimate of drug-likeness (QED) is 0.882. The fourth-order valence-corrected chi connectivity index (χ4v) is 1.56. The molecule has 1 aromatic heterocycles. The van der Waals surface area contributed by atoms with Crippen LogP contribution < -0.4 is 0 Å². The van der Waals surface area contributed by atoms with Gasteiger partial charge in [0.2, 0.25) is 0 Å². The van der Waals surface area contributed by atoms with E-state index in [2.05, 4.69) is 10.3 Å². The van der Waals surface area contributed by atoms with Gasteiger partial charge in [0, 0.05) is 5.02 Å². The Labute approximate surface area is 96.3 Å². The van der Waals surface area contributed by atoms with Crippen LogP contribution in [0, 0.1) is 0 Å². The van der Waals surface area contributed by atoms with Gasteiger partial charge < -0.3 is 5.11 Å². The van der Waals surface area contributed by atoms with Gasteiger partial charge >= 0.3 is 5.97 Å². The van der Waals surface area contributed by atoms with Gasteiger partial charge in [0.1, 0.15) is 0 Å². The zero-order valence-corrected chi connectivity index (χ0v) is 8.92.